The van der Waals surface area contributed by atoms with Crippen molar-refractivity contribution in [3.63, 3.8) is 0 Å². The number of nitrogens with one attached hydrogen (secondary N) is 1. The number of carbonyl (C=O) groups excluding carboxylic acids is 1. The van der Waals surface area contributed by atoms with Crippen LogP contribution >= 0.6 is 0 Å². The zero-order valence-electron chi connectivity index (χ0n) is 13.5. The third-order valence-electron chi connectivity index (χ3n) is 3.70. The van der Waals surface area contributed by atoms with E-state index >= 15 is 0 Å². The van der Waals surface area contributed by atoms with Crippen LogP contribution in [0.2, 0.25) is 0 Å². The van der Waals surface area contributed by atoms with Crippen molar-refractivity contribution in [2.45, 2.75) is 6.42 Å². The van der Waals surface area contributed by atoms with Gasteiger partial charge in [-0.25, -0.2) is 0 Å². The van der Waals surface area contributed by atoms with Crippen LogP contribution in [0.25, 0.3) is 6.08 Å². The Morgan fingerprint density at radius 3 is 2.75 bits per heavy atom. The monoisotopic (exact) mass is 325 g/mol. The Hall–Kier alpha value is -2.95. The maximum absolute atomic E-state index is 11.9. The van der Waals surface area contributed by atoms with Gasteiger partial charge in [-0.3, -0.25) is 4.79 Å². The van der Waals surface area contributed by atoms with Crippen LogP contribution in [0.15, 0.2) is 48.5 Å². The van der Waals surface area contributed by atoms with Crippen molar-refractivity contribution in [2.75, 3.05) is 20.4 Å². The van der Waals surface area contributed by atoms with E-state index in [9.17, 15) is 4.79 Å². The van der Waals surface area contributed by atoms with Crippen LogP contribution in [0.1, 0.15) is 11.1 Å². The Labute approximate surface area is 140 Å². The molecule has 0 saturated heterocycles. The van der Waals surface area contributed by atoms with Gasteiger partial charge in [-0.15, -0.1) is 0 Å². The number of carbonyl (C=O) groups is 1. The molecule has 0 unspecified atom stereocenters. The Morgan fingerprint density at radius 2 is 1.96 bits per heavy atom. The fraction of sp³-hybridized carbons (Fsp3) is 0.211. The molecule has 24 heavy (non-hydrogen) atoms. The van der Waals surface area contributed by atoms with E-state index < -0.39 is 0 Å². The summed E-state index contributed by atoms with van der Waals surface area (Å²) in [6.07, 6.45) is 4.05. The van der Waals surface area contributed by atoms with Gasteiger partial charge in [0, 0.05) is 12.6 Å². The average molecular weight is 325 g/mol. The molecule has 0 radical (unpaired) electrons. The Balaban J connectivity index is 1.46. The second-order valence-corrected chi connectivity index (χ2v) is 5.34. The molecule has 1 heterocycles. The van der Waals surface area contributed by atoms with Crippen molar-refractivity contribution in [2.24, 2.45) is 0 Å². The Morgan fingerprint density at radius 1 is 1.17 bits per heavy atom. The van der Waals surface area contributed by atoms with Crippen molar-refractivity contribution in [3.8, 4) is 17.2 Å². The zero-order valence-corrected chi connectivity index (χ0v) is 13.5. The van der Waals surface area contributed by atoms with Crippen LogP contribution < -0.4 is 19.5 Å². The summed E-state index contributed by atoms with van der Waals surface area (Å²) in [6.45, 7) is 0.824. The molecule has 2 aromatic rings. The van der Waals surface area contributed by atoms with Gasteiger partial charge in [0.25, 0.3) is 0 Å². The number of methoxy groups -OCH3 is 1. The molecule has 0 atom stereocenters. The van der Waals surface area contributed by atoms with Crippen molar-refractivity contribution in [1.29, 1.82) is 0 Å². The van der Waals surface area contributed by atoms with Gasteiger partial charge in [0.05, 0.1) is 7.11 Å². The Kier molecular flexibility index (Phi) is 5.01. The average Bonchev–Trinajstić information content (AvgIpc) is 3.08. The molecular formula is C19H19NO4. The zero-order chi connectivity index (χ0) is 16.8. The van der Waals surface area contributed by atoms with Crippen LogP contribution in [0.3, 0.4) is 0 Å². The highest BCUT2D eigenvalue weighted by Crippen LogP contribution is 2.32. The molecule has 1 amide bonds. The lowest BCUT2D eigenvalue weighted by molar-refractivity contribution is -0.116. The van der Waals surface area contributed by atoms with Gasteiger partial charge in [0.2, 0.25) is 12.7 Å². The topological polar surface area (TPSA) is 56.8 Å². The minimum Gasteiger partial charge on any atom is -0.497 e. The molecular weight excluding hydrogens is 306 g/mol. The molecule has 1 aliphatic heterocycles. The van der Waals surface area contributed by atoms with E-state index in [1.165, 1.54) is 6.08 Å². The Bertz CT molecular complexity index is 738. The fourth-order valence-corrected chi connectivity index (χ4v) is 2.37. The molecule has 1 aliphatic rings. The van der Waals surface area contributed by atoms with E-state index in [4.69, 9.17) is 14.2 Å². The maximum Gasteiger partial charge on any atom is 0.244 e. The van der Waals surface area contributed by atoms with Crippen molar-refractivity contribution < 1.29 is 19.0 Å². The van der Waals surface area contributed by atoms with E-state index in [2.05, 4.69) is 5.32 Å². The van der Waals surface area contributed by atoms with Gasteiger partial charge in [-0.2, -0.15) is 0 Å². The van der Waals surface area contributed by atoms with E-state index in [0.29, 0.717) is 12.3 Å². The van der Waals surface area contributed by atoms with Crippen molar-refractivity contribution in [1.82, 2.24) is 5.32 Å². The molecule has 0 bridgehead atoms. The van der Waals surface area contributed by atoms with Crippen molar-refractivity contribution >= 4 is 12.0 Å². The second kappa shape index (κ2) is 7.55. The van der Waals surface area contributed by atoms with Crippen LogP contribution in [0, 0.1) is 0 Å². The normalized spacial score (nSPS) is 12.4. The fourth-order valence-electron chi connectivity index (χ4n) is 2.37. The highest BCUT2D eigenvalue weighted by molar-refractivity contribution is 5.91. The van der Waals surface area contributed by atoms with Gasteiger partial charge in [-0.1, -0.05) is 18.2 Å². The van der Waals surface area contributed by atoms with Crippen molar-refractivity contribution in [3.05, 3.63) is 59.7 Å². The summed E-state index contributed by atoms with van der Waals surface area (Å²) in [6, 6.07) is 13.4. The SMILES string of the molecule is COc1ccc(CCNC(=O)C=Cc2ccc3c(c2)OCO3)cc1. The van der Waals surface area contributed by atoms with Crippen LogP contribution in [0.5, 0.6) is 17.2 Å². The number of hydrogen-bond donors (Lipinski definition) is 1. The van der Waals surface area contributed by atoms with Gasteiger partial charge in [-0.05, 0) is 47.9 Å². The largest absolute Gasteiger partial charge is 0.497 e. The lowest BCUT2D eigenvalue weighted by Gasteiger charge is -2.04. The molecule has 3 rings (SSSR count). The van der Waals surface area contributed by atoms with Gasteiger partial charge < -0.3 is 19.5 Å². The summed E-state index contributed by atoms with van der Waals surface area (Å²) in [5.74, 6) is 2.14. The summed E-state index contributed by atoms with van der Waals surface area (Å²) >= 11 is 0. The third-order valence-corrected chi connectivity index (χ3v) is 3.70. The first-order chi connectivity index (χ1) is 11.7. The molecule has 5 nitrogen and oxygen atoms in total. The standard InChI is InChI=1S/C19H19NO4/c1-22-16-6-2-14(3-7-16)10-11-20-19(21)9-5-15-4-8-17-18(12-15)24-13-23-17/h2-9,12H,10-11,13H2,1H3,(H,20,21). The highest BCUT2D eigenvalue weighted by atomic mass is 16.7. The lowest BCUT2D eigenvalue weighted by Crippen LogP contribution is -2.23. The van der Waals surface area contributed by atoms with E-state index in [1.807, 2.05) is 42.5 Å². The maximum atomic E-state index is 11.9. The number of rotatable bonds is 6. The molecule has 124 valence electrons. The van der Waals surface area contributed by atoms with Crippen LogP contribution in [-0.2, 0) is 11.2 Å². The molecule has 0 spiro atoms. The predicted octanol–water partition coefficient (Wildman–Crippen LogP) is 2.80. The smallest absolute Gasteiger partial charge is 0.244 e. The predicted molar refractivity (Wildman–Crippen MR) is 91.3 cm³/mol. The van der Waals surface area contributed by atoms with Gasteiger partial charge in [0.15, 0.2) is 11.5 Å². The summed E-state index contributed by atoms with van der Waals surface area (Å²) in [5.41, 5.74) is 2.04. The first-order valence-corrected chi connectivity index (χ1v) is 7.73. The summed E-state index contributed by atoms with van der Waals surface area (Å²) < 4.78 is 15.7. The molecule has 0 aromatic heterocycles. The van der Waals surface area contributed by atoms with E-state index in [0.717, 1.165) is 29.0 Å². The van der Waals surface area contributed by atoms with E-state index in [1.54, 1.807) is 13.2 Å². The summed E-state index contributed by atoms with van der Waals surface area (Å²) in [5, 5.41) is 2.87. The number of hydrogen-bond acceptors (Lipinski definition) is 4. The van der Waals surface area contributed by atoms with Crippen LogP contribution in [0.4, 0.5) is 0 Å². The minimum atomic E-state index is -0.124. The molecule has 5 heteroatoms. The molecule has 1 N–H and O–H groups in total. The molecule has 0 aliphatic carbocycles. The molecule has 2 aromatic carbocycles. The minimum absolute atomic E-state index is 0.124. The first-order valence-electron chi connectivity index (χ1n) is 7.73. The summed E-state index contributed by atoms with van der Waals surface area (Å²) in [4.78, 5) is 11.9. The quantitative estimate of drug-likeness (QED) is 0.830. The van der Waals surface area contributed by atoms with E-state index in [-0.39, 0.29) is 12.7 Å². The first kappa shape index (κ1) is 15.9. The number of amides is 1. The highest BCUT2D eigenvalue weighted by Gasteiger charge is 2.12. The number of ether oxygens (including phenoxy) is 3. The van der Waals surface area contributed by atoms with Crippen LogP contribution in [-0.4, -0.2) is 26.4 Å². The van der Waals surface area contributed by atoms with Gasteiger partial charge >= 0.3 is 0 Å². The van der Waals surface area contributed by atoms with Gasteiger partial charge in [0.1, 0.15) is 5.75 Å². The number of fused-ring (bicyclic) bond motifs is 1. The molecule has 0 fully saturated rings. The number of benzene rings is 2. The lowest BCUT2D eigenvalue weighted by atomic mass is 10.1. The second-order valence-electron chi connectivity index (χ2n) is 5.34. The summed E-state index contributed by atoms with van der Waals surface area (Å²) in [7, 11) is 1.64. The third kappa shape index (κ3) is 4.07. The molecule has 0 saturated carbocycles.